The molecule has 0 spiro atoms. The number of benzene rings is 2. The highest BCUT2D eigenvalue weighted by Gasteiger charge is 2.35. The number of nitrogens with one attached hydrogen (secondary N) is 1. The number of carbonyl (C=O) groups is 1. The molecular weight excluding hydrogens is 397 g/mol. The minimum absolute atomic E-state index is 0.0301. The first-order chi connectivity index (χ1) is 13.3. The summed E-state index contributed by atoms with van der Waals surface area (Å²) in [5.74, 6) is -0.739. The summed E-state index contributed by atoms with van der Waals surface area (Å²) in [7, 11) is -2.33. The van der Waals surface area contributed by atoms with Crippen LogP contribution in [0.1, 0.15) is 28.0 Å². The van der Waals surface area contributed by atoms with Gasteiger partial charge in [0.2, 0.25) is 0 Å². The zero-order valence-corrected chi connectivity index (χ0v) is 17.1. The van der Waals surface area contributed by atoms with Crippen LogP contribution in [0.2, 0.25) is 5.02 Å². The molecule has 3 rings (SSSR count). The Morgan fingerprint density at radius 2 is 2.07 bits per heavy atom. The van der Waals surface area contributed by atoms with E-state index < -0.39 is 13.3 Å². The van der Waals surface area contributed by atoms with Crippen molar-refractivity contribution in [3.8, 4) is 6.07 Å². The number of fused-ring (bicyclic) bond motifs is 1. The molecule has 0 saturated heterocycles. The number of primary amides is 1. The molecule has 0 fully saturated rings. The summed E-state index contributed by atoms with van der Waals surface area (Å²) in [4.78, 5) is 15.0. The van der Waals surface area contributed by atoms with Crippen LogP contribution in [0.5, 0.6) is 0 Å². The Balaban J connectivity index is 2.31. The number of aryl methyl sites for hydroxylation is 2. The summed E-state index contributed by atoms with van der Waals surface area (Å²) in [6.45, 7) is 1.88. The Kier molecular flexibility index (Phi) is 5.62. The largest absolute Gasteiger partial charge is 0.364 e. The Morgan fingerprint density at radius 3 is 2.71 bits per heavy atom. The van der Waals surface area contributed by atoms with Crippen LogP contribution in [-0.2, 0) is 15.5 Å². The maximum absolute atomic E-state index is 14.1. The third kappa shape index (κ3) is 3.57. The molecule has 0 unspecified atom stereocenters. The summed E-state index contributed by atoms with van der Waals surface area (Å²) in [6, 6.07) is 12.5. The predicted octanol–water partition coefficient (Wildman–Crippen LogP) is 3.56. The van der Waals surface area contributed by atoms with Gasteiger partial charge in [0.1, 0.15) is 5.69 Å². The van der Waals surface area contributed by atoms with Crippen LogP contribution < -0.4 is 16.3 Å². The number of nitrogens with two attached hydrogens (primary N) is 1. The molecule has 1 heterocycles. The topological polar surface area (TPSA) is 109 Å². The number of H-pyrrole nitrogens is 1. The zero-order valence-electron chi connectivity index (χ0n) is 15.5. The maximum atomic E-state index is 14.1. The molecule has 8 heteroatoms. The third-order valence-corrected chi connectivity index (χ3v) is 7.26. The van der Waals surface area contributed by atoms with Crippen LogP contribution in [0.15, 0.2) is 36.4 Å². The standard InChI is InChI=1S/C20H19ClN3O3P/c1-12-8-13(4-3-7-22)10-15(9-12)28(26,27-2)19-16-11-14(21)5-6-17(16)24-18(19)20(23)25/h5-6,8-11,24H,3-4H2,1-2H3,(H2,23,25)/t28-/m1/s1. The second-order valence-electron chi connectivity index (χ2n) is 6.47. The highest BCUT2D eigenvalue weighted by molar-refractivity contribution is 7.75. The molecule has 1 atom stereocenters. The molecule has 0 aliphatic rings. The zero-order chi connectivity index (χ0) is 20.5. The van der Waals surface area contributed by atoms with Gasteiger partial charge in [-0.2, -0.15) is 5.26 Å². The van der Waals surface area contributed by atoms with Crippen LogP contribution >= 0.6 is 19.0 Å². The smallest absolute Gasteiger partial charge is 0.266 e. The molecule has 2 aromatic carbocycles. The van der Waals surface area contributed by atoms with E-state index in [1.165, 1.54) is 7.11 Å². The summed E-state index contributed by atoms with van der Waals surface area (Å²) in [5.41, 5.74) is 7.92. The monoisotopic (exact) mass is 415 g/mol. The second kappa shape index (κ2) is 7.81. The van der Waals surface area contributed by atoms with Crippen molar-refractivity contribution in [3.05, 3.63) is 58.2 Å². The molecule has 0 aliphatic heterocycles. The van der Waals surface area contributed by atoms with Gasteiger partial charge < -0.3 is 15.2 Å². The van der Waals surface area contributed by atoms with Crippen molar-refractivity contribution < 1.29 is 13.9 Å². The van der Waals surface area contributed by atoms with Crippen LogP contribution in [-0.4, -0.2) is 18.0 Å². The van der Waals surface area contributed by atoms with Crippen molar-refractivity contribution in [2.75, 3.05) is 7.11 Å². The summed E-state index contributed by atoms with van der Waals surface area (Å²) in [5, 5.41) is 10.5. The molecule has 3 aromatic rings. The third-order valence-electron chi connectivity index (χ3n) is 4.52. The minimum atomic E-state index is -3.67. The van der Waals surface area contributed by atoms with E-state index in [1.807, 2.05) is 13.0 Å². The lowest BCUT2D eigenvalue weighted by Gasteiger charge is -2.19. The minimum Gasteiger partial charge on any atom is -0.364 e. The first-order valence-electron chi connectivity index (χ1n) is 8.55. The number of hydrogen-bond acceptors (Lipinski definition) is 4. The lowest BCUT2D eigenvalue weighted by Crippen LogP contribution is -2.26. The van der Waals surface area contributed by atoms with E-state index in [0.717, 1.165) is 11.1 Å². The Labute approximate surface area is 167 Å². The fourth-order valence-corrected chi connectivity index (χ4v) is 5.81. The number of carbonyl (C=O) groups excluding carboxylic acids is 1. The van der Waals surface area contributed by atoms with Gasteiger partial charge in [-0.3, -0.25) is 9.36 Å². The Morgan fingerprint density at radius 1 is 1.32 bits per heavy atom. The molecule has 0 aliphatic carbocycles. The SMILES string of the molecule is CO[P@](=O)(c1cc(C)cc(CCC#N)c1)c1c(C(N)=O)[nH]c2ccc(Cl)cc12. The Hall–Kier alpha value is -2.58. The number of rotatable bonds is 6. The van der Waals surface area contributed by atoms with Gasteiger partial charge in [0, 0.05) is 34.8 Å². The Bertz CT molecular complexity index is 1160. The van der Waals surface area contributed by atoms with Crippen LogP contribution in [0, 0.1) is 18.3 Å². The molecule has 144 valence electrons. The van der Waals surface area contributed by atoms with Crippen LogP contribution in [0.3, 0.4) is 0 Å². The molecule has 0 saturated carbocycles. The van der Waals surface area contributed by atoms with Crippen molar-refractivity contribution in [3.63, 3.8) is 0 Å². The maximum Gasteiger partial charge on any atom is 0.266 e. The van der Waals surface area contributed by atoms with Crippen LogP contribution in [0.25, 0.3) is 10.9 Å². The lowest BCUT2D eigenvalue weighted by molar-refractivity contribution is 0.0997. The van der Waals surface area contributed by atoms with Gasteiger partial charge in [0.05, 0.1) is 11.4 Å². The quantitative estimate of drug-likeness (QED) is 0.600. The number of amides is 1. The van der Waals surface area contributed by atoms with Crippen molar-refractivity contribution in [2.24, 2.45) is 5.73 Å². The first kappa shape index (κ1) is 20.2. The van der Waals surface area contributed by atoms with Gasteiger partial charge in [0.15, 0.2) is 0 Å². The van der Waals surface area contributed by atoms with Gasteiger partial charge in [-0.25, -0.2) is 0 Å². The fraction of sp³-hybridized carbons (Fsp3) is 0.200. The van der Waals surface area contributed by atoms with E-state index in [-0.39, 0.29) is 11.0 Å². The fourth-order valence-electron chi connectivity index (χ4n) is 3.31. The predicted molar refractivity (Wildman–Crippen MR) is 111 cm³/mol. The number of nitrogens with zero attached hydrogens (tertiary/aromatic N) is 1. The number of nitriles is 1. The van der Waals surface area contributed by atoms with E-state index in [9.17, 15) is 9.36 Å². The van der Waals surface area contributed by atoms with Gasteiger partial charge in [-0.15, -0.1) is 0 Å². The summed E-state index contributed by atoms with van der Waals surface area (Å²) < 4.78 is 19.7. The normalized spacial score (nSPS) is 13.2. The van der Waals surface area contributed by atoms with E-state index in [2.05, 4.69) is 11.1 Å². The van der Waals surface area contributed by atoms with Gasteiger partial charge in [-0.1, -0.05) is 23.2 Å². The lowest BCUT2D eigenvalue weighted by atomic mass is 10.1. The molecule has 0 radical (unpaired) electrons. The molecular formula is C20H19ClN3O3P. The van der Waals surface area contributed by atoms with Crippen LogP contribution in [0.4, 0.5) is 0 Å². The average Bonchev–Trinajstić information content (AvgIpc) is 3.04. The summed E-state index contributed by atoms with van der Waals surface area (Å²) >= 11 is 6.14. The number of hydrogen-bond donors (Lipinski definition) is 2. The second-order valence-corrected chi connectivity index (χ2v) is 9.34. The summed E-state index contributed by atoms with van der Waals surface area (Å²) in [6.07, 6.45) is 0.868. The average molecular weight is 416 g/mol. The van der Waals surface area contributed by atoms with Crippen molar-refractivity contribution >= 4 is 46.4 Å². The van der Waals surface area contributed by atoms with Gasteiger partial charge >= 0.3 is 0 Å². The molecule has 1 aromatic heterocycles. The van der Waals surface area contributed by atoms with Crippen molar-refractivity contribution in [1.82, 2.24) is 4.98 Å². The number of aromatic nitrogens is 1. The molecule has 6 nitrogen and oxygen atoms in total. The molecule has 0 bridgehead atoms. The van der Waals surface area contributed by atoms with E-state index in [1.54, 1.807) is 30.3 Å². The number of aromatic amines is 1. The molecule has 28 heavy (non-hydrogen) atoms. The highest BCUT2D eigenvalue weighted by Crippen LogP contribution is 2.47. The van der Waals surface area contributed by atoms with E-state index >= 15 is 0 Å². The number of halogens is 1. The first-order valence-corrected chi connectivity index (χ1v) is 10.6. The van der Waals surface area contributed by atoms with E-state index in [4.69, 9.17) is 27.1 Å². The van der Waals surface area contributed by atoms with E-state index in [0.29, 0.717) is 34.1 Å². The molecule has 1 amide bonds. The van der Waals surface area contributed by atoms with Crippen molar-refractivity contribution in [2.45, 2.75) is 19.8 Å². The van der Waals surface area contributed by atoms with Gasteiger partial charge in [-0.05, 0) is 49.2 Å². The van der Waals surface area contributed by atoms with Crippen molar-refractivity contribution in [1.29, 1.82) is 5.26 Å². The molecule has 3 N–H and O–H groups in total. The highest BCUT2D eigenvalue weighted by atomic mass is 35.5. The van der Waals surface area contributed by atoms with Gasteiger partial charge in [0.25, 0.3) is 13.3 Å².